The van der Waals surface area contributed by atoms with Gasteiger partial charge in [0.05, 0.1) is 17.7 Å². The highest BCUT2D eigenvalue weighted by atomic mass is 19.4. The van der Waals surface area contributed by atoms with Gasteiger partial charge in [-0.3, -0.25) is 0 Å². The SMILES string of the molecule is NC(=Nc1cc(CCCNCCO)nc(-c2ccccc2C(F)(F)F)n1)c1cccnc1N. The molecule has 2 heterocycles. The van der Waals surface area contributed by atoms with E-state index in [1.54, 1.807) is 18.2 Å². The molecule has 0 aliphatic carbocycles. The first-order valence-electron chi connectivity index (χ1n) is 10.2. The van der Waals surface area contributed by atoms with Crippen molar-refractivity contribution in [1.29, 1.82) is 0 Å². The fraction of sp³-hybridized carbons (Fsp3) is 0.273. The molecule has 1 aromatic carbocycles. The smallest absolute Gasteiger partial charge is 0.395 e. The number of aryl methyl sites for hydroxylation is 1. The lowest BCUT2D eigenvalue weighted by atomic mass is 10.1. The summed E-state index contributed by atoms with van der Waals surface area (Å²) in [5.74, 6) is 0.209. The van der Waals surface area contributed by atoms with Crippen molar-refractivity contribution in [3.05, 3.63) is 65.5 Å². The molecule has 0 saturated heterocycles. The number of aliphatic imine (C=N–C) groups is 1. The summed E-state index contributed by atoms with van der Waals surface area (Å²) < 4.78 is 40.7. The van der Waals surface area contributed by atoms with Crippen LogP contribution in [0.1, 0.15) is 23.2 Å². The lowest BCUT2D eigenvalue weighted by Gasteiger charge is -2.13. The molecule has 6 N–H and O–H groups in total. The topological polar surface area (TPSA) is 135 Å². The first kappa shape index (κ1) is 24.1. The summed E-state index contributed by atoms with van der Waals surface area (Å²) in [5.41, 5.74) is 11.8. The lowest BCUT2D eigenvalue weighted by molar-refractivity contribution is -0.137. The molecule has 0 atom stereocenters. The van der Waals surface area contributed by atoms with Crippen molar-refractivity contribution in [1.82, 2.24) is 20.3 Å². The summed E-state index contributed by atoms with van der Waals surface area (Å²) in [4.78, 5) is 16.8. The molecule has 174 valence electrons. The van der Waals surface area contributed by atoms with E-state index in [0.717, 1.165) is 6.07 Å². The highest BCUT2D eigenvalue weighted by molar-refractivity contribution is 6.02. The van der Waals surface area contributed by atoms with Gasteiger partial charge in [0.2, 0.25) is 0 Å². The number of aliphatic hydroxyl groups excluding tert-OH is 1. The Bertz CT molecular complexity index is 1120. The van der Waals surface area contributed by atoms with E-state index in [0.29, 0.717) is 37.2 Å². The molecule has 0 saturated carbocycles. The van der Waals surface area contributed by atoms with Crippen molar-refractivity contribution in [2.24, 2.45) is 10.7 Å². The zero-order chi connectivity index (χ0) is 23.8. The normalized spacial score (nSPS) is 12.2. The van der Waals surface area contributed by atoms with E-state index in [1.807, 2.05) is 0 Å². The molecule has 0 fully saturated rings. The van der Waals surface area contributed by atoms with Crippen LogP contribution < -0.4 is 16.8 Å². The van der Waals surface area contributed by atoms with Gasteiger partial charge < -0.3 is 21.9 Å². The van der Waals surface area contributed by atoms with Gasteiger partial charge in [-0.05, 0) is 37.6 Å². The monoisotopic (exact) mass is 459 g/mol. The van der Waals surface area contributed by atoms with Gasteiger partial charge in [-0.2, -0.15) is 13.2 Å². The van der Waals surface area contributed by atoms with Crippen molar-refractivity contribution in [3.8, 4) is 11.4 Å². The number of hydrogen-bond acceptors (Lipinski definition) is 7. The fourth-order valence-corrected chi connectivity index (χ4v) is 3.13. The van der Waals surface area contributed by atoms with Gasteiger partial charge in [0.1, 0.15) is 11.7 Å². The zero-order valence-corrected chi connectivity index (χ0v) is 17.7. The molecule has 0 bridgehead atoms. The fourth-order valence-electron chi connectivity index (χ4n) is 3.13. The van der Waals surface area contributed by atoms with Gasteiger partial charge in [0, 0.05) is 30.1 Å². The van der Waals surface area contributed by atoms with E-state index in [1.165, 1.54) is 24.4 Å². The first-order valence-corrected chi connectivity index (χ1v) is 10.2. The number of alkyl halides is 3. The number of anilines is 1. The largest absolute Gasteiger partial charge is 0.417 e. The predicted octanol–water partition coefficient (Wildman–Crippen LogP) is 2.69. The van der Waals surface area contributed by atoms with Gasteiger partial charge in [-0.15, -0.1) is 0 Å². The highest BCUT2D eigenvalue weighted by Gasteiger charge is 2.34. The number of nitrogen functional groups attached to an aromatic ring is 1. The van der Waals surface area contributed by atoms with Crippen LogP contribution in [0.5, 0.6) is 0 Å². The summed E-state index contributed by atoms with van der Waals surface area (Å²) in [6.07, 6.45) is -1.96. The second-order valence-corrected chi connectivity index (χ2v) is 7.09. The van der Waals surface area contributed by atoms with Crippen molar-refractivity contribution in [2.75, 3.05) is 25.4 Å². The Hall–Kier alpha value is -3.57. The van der Waals surface area contributed by atoms with E-state index in [2.05, 4.69) is 25.3 Å². The minimum Gasteiger partial charge on any atom is -0.395 e. The van der Waals surface area contributed by atoms with Gasteiger partial charge in [0.25, 0.3) is 0 Å². The number of pyridine rings is 1. The van der Waals surface area contributed by atoms with Crippen LogP contribution in [0.4, 0.5) is 24.8 Å². The molecule has 0 radical (unpaired) electrons. The minimum atomic E-state index is -4.57. The van der Waals surface area contributed by atoms with Crippen LogP contribution in [0.25, 0.3) is 11.4 Å². The summed E-state index contributed by atoms with van der Waals surface area (Å²) in [6.45, 7) is 1.07. The first-order chi connectivity index (χ1) is 15.8. The number of nitrogens with zero attached hydrogens (tertiary/aromatic N) is 4. The van der Waals surface area contributed by atoms with Gasteiger partial charge in [-0.1, -0.05) is 18.2 Å². The van der Waals surface area contributed by atoms with Crippen LogP contribution in [0.2, 0.25) is 0 Å². The van der Waals surface area contributed by atoms with E-state index in [4.69, 9.17) is 16.6 Å². The Labute approximate surface area is 188 Å². The molecule has 8 nitrogen and oxygen atoms in total. The molecule has 0 unspecified atom stereocenters. The number of nitrogens with two attached hydrogens (primary N) is 2. The molecule has 3 aromatic rings. The highest BCUT2D eigenvalue weighted by Crippen LogP contribution is 2.36. The van der Waals surface area contributed by atoms with Gasteiger partial charge in [-0.25, -0.2) is 19.9 Å². The van der Waals surface area contributed by atoms with Gasteiger partial charge >= 0.3 is 6.18 Å². The summed E-state index contributed by atoms with van der Waals surface area (Å²) in [6, 6.07) is 9.96. The zero-order valence-electron chi connectivity index (χ0n) is 17.7. The molecule has 0 spiro atoms. The maximum absolute atomic E-state index is 13.6. The van der Waals surface area contributed by atoms with E-state index >= 15 is 0 Å². The number of aliphatic hydroxyl groups is 1. The average Bonchev–Trinajstić information content (AvgIpc) is 2.78. The van der Waals surface area contributed by atoms with E-state index < -0.39 is 11.7 Å². The second-order valence-electron chi connectivity index (χ2n) is 7.09. The number of hydrogen-bond donors (Lipinski definition) is 4. The summed E-state index contributed by atoms with van der Waals surface area (Å²) in [7, 11) is 0. The Kier molecular flexibility index (Phi) is 7.91. The van der Waals surface area contributed by atoms with Crippen LogP contribution >= 0.6 is 0 Å². The Morgan fingerprint density at radius 1 is 1.09 bits per heavy atom. The van der Waals surface area contributed by atoms with Crippen molar-refractivity contribution in [3.63, 3.8) is 0 Å². The number of aromatic nitrogens is 3. The van der Waals surface area contributed by atoms with E-state index in [9.17, 15) is 13.2 Å². The summed E-state index contributed by atoms with van der Waals surface area (Å²) in [5, 5.41) is 11.9. The van der Waals surface area contributed by atoms with Gasteiger partial charge in [0.15, 0.2) is 11.6 Å². The Balaban J connectivity index is 2.02. The van der Waals surface area contributed by atoms with Crippen molar-refractivity contribution in [2.45, 2.75) is 19.0 Å². The summed E-state index contributed by atoms with van der Waals surface area (Å²) >= 11 is 0. The number of nitrogens with one attached hydrogen (secondary N) is 1. The molecule has 33 heavy (non-hydrogen) atoms. The van der Waals surface area contributed by atoms with Crippen molar-refractivity contribution < 1.29 is 18.3 Å². The number of rotatable bonds is 9. The second kappa shape index (κ2) is 10.8. The van der Waals surface area contributed by atoms with Crippen LogP contribution in [0.3, 0.4) is 0 Å². The van der Waals surface area contributed by atoms with E-state index in [-0.39, 0.29) is 35.5 Å². The molecular weight excluding hydrogens is 435 g/mol. The van der Waals surface area contributed by atoms with Crippen LogP contribution in [-0.4, -0.2) is 45.6 Å². The molecule has 11 heteroatoms. The minimum absolute atomic E-state index is 0.0154. The Morgan fingerprint density at radius 2 is 1.88 bits per heavy atom. The maximum Gasteiger partial charge on any atom is 0.417 e. The molecule has 3 rings (SSSR count). The maximum atomic E-state index is 13.6. The third-order valence-corrected chi connectivity index (χ3v) is 4.66. The molecule has 0 amide bonds. The molecule has 0 aliphatic heterocycles. The van der Waals surface area contributed by atoms with Crippen LogP contribution in [0, 0.1) is 0 Å². The third kappa shape index (κ3) is 6.46. The Morgan fingerprint density at radius 3 is 2.61 bits per heavy atom. The predicted molar refractivity (Wildman–Crippen MR) is 120 cm³/mol. The van der Waals surface area contributed by atoms with Crippen LogP contribution in [-0.2, 0) is 12.6 Å². The lowest BCUT2D eigenvalue weighted by Crippen LogP contribution is -2.19. The number of amidine groups is 1. The van der Waals surface area contributed by atoms with Crippen molar-refractivity contribution >= 4 is 17.5 Å². The molecule has 2 aromatic heterocycles. The van der Waals surface area contributed by atoms with Crippen LogP contribution in [0.15, 0.2) is 53.7 Å². The molecule has 0 aliphatic rings. The molecular formula is C22H24F3N7O. The number of benzene rings is 1. The third-order valence-electron chi connectivity index (χ3n) is 4.66. The standard InChI is InChI=1S/C22H24F3N7O/c23-22(24,25)17-8-2-1-6-15(17)21-30-14(5-3-9-28-11-12-33)13-18(32-21)31-20(27)16-7-4-10-29-19(16)26/h1-2,4,6-8,10,13,28,33H,3,5,9,11-12H2,(H2,26,29)(H2,27,30,31,32). The number of halogens is 3. The average molecular weight is 459 g/mol. The quantitative estimate of drug-likeness (QED) is 0.219.